The van der Waals surface area contributed by atoms with Crippen molar-refractivity contribution in [3.63, 3.8) is 0 Å². The third kappa shape index (κ3) is 4.70. The minimum absolute atomic E-state index is 0.0536. The van der Waals surface area contributed by atoms with Gasteiger partial charge >= 0.3 is 0 Å². The summed E-state index contributed by atoms with van der Waals surface area (Å²) >= 11 is 12.0. The van der Waals surface area contributed by atoms with E-state index in [1.54, 1.807) is 18.2 Å². The first-order valence-corrected chi connectivity index (χ1v) is 7.78. The van der Waals surface area contributed by atoms with Crippen LogP contribution in [0.4, 0.5) is 4.39 Å². The highest BCUT2D eigenvalue weighted by Gasteiger charge is 2.13. The van der Waals surface area contributed by atoms with Gasteiger partial charge in [-0.25, -0.2) is 4.39 Å². The van der Waals surface area contributed by atoms with Crippen molar-refractivity contribution in [1.29, 1.82) is 0 Å². The minimum atomic E-state index is -0.218. The minimum Gasteiger partial charge on any atom is -0.310 e. The number of halogens is 3. The van der Waals surface area contributed by atoms with E-state index in [1.165, 1.54) is 6.07 Å². The second kappa shape index (κ2) is 7.79. The average molecular weight is 326 g/mol. The van der Waals surface area contributed by atoms with Crippen LogP contribution in [0.2, 0.25) is 10.0 Å². The monoisotopic (exact) mass is 325 g/mol. The van der Waals surface area contributed by atoms with Crippen LogP contribution in [0.1, 0.15) is 30.5 Å². The molecule has 0 aromatic heterocycles. The van der Waals surface area contributed by atoms with Gasteiger partial charge in [0.05, 0.1) is 10.0 Å². The van der Waals surface area contributed by atoms with Crippen LogP contribution >= 0.6 is 23.2 Å². The van der Waals surface area contributed by atoms with Crippen LogP contribution in [0.3, 0.4) is 0 Å². The zero-order valence-electron chi connectivity index (χ0n) is 11.9. The van der Waals surface area contributed by atoms with Crippen LogP contribution in [0.15, 0.2) is 42.5 Å². The van der Waals surface area contributed by atoms with Gasteiger partial charge in [0.1, 0.15) is 5.82 Å². The SMILES string of the molecule is CCCNC(Cc1ccc(Cl)c(Cl)c1)c1cccc(F)c1. The molecule has 1 atom stereocenters. The van der Waals surface area contributed by atoms with E-state index < -0.39 is 0 Å². The first kappa shape index (κ1) is 16.3. The molecule has 0 heterocycles. The average Bonchev–Trinajstić information content (AvgIpc) is 2.47. The predicted octanol–water partition coefficient (Wildman–Crippen LogP) is 5.42. The highest BCUT2D eigenvalue weighted by molar-refractivity contribution is 6.42. The molecular formula is C17H18Cl2FN. The Bertz CT molecular complexity index is 601. The molecule has 1 nitrogen and oxygen atoms in total. The van der Waals surface area contributed by atoms with Crippen molar-refractivity contribution in [2.75, 3.05) is 6.54 Å². The molecule has 21 heavy (non-hydrogen) atoms. The number of rotatable bonds is 6. The summed E-state index contributed by atoms with van der Waals surface area (Å²) in [7, 11) is 0. The van der Waals surface area contributed by atoms with Crippen LogP contribution in [0.5, 0.6) is 0 Å². The van der Waals surface area contributed by atoms with Crippen molar-refractivity contribution < 1.29 is 4.39 Å². The molecule has 1 N–H and O–H groups in total. The Morgan fingerprint density at radius 1 is 1.10 bits per heavy atom. The topological polar surface area (TPSA) is 12.0 Å². The summed E-state index contributed by atoms with van der Waals surface area (Å²) < 4.78 is 13.4. The van der Waals surface area contributed by atoms with Gasteiger partial charge in [0.15, 0.2) is 0 Å². The zero-order chi connectivity index (χ0) is 15.2. The lowest BCUT2D eigenvalue weighted by Crippen LogP contribution is -2.24. The van der Waals surface area contributed by atoms with Crippen molar-refractivity contribution in [2.24, 2.45) is 0 Å². The van der Waals surface area contributed by atoms with E-state index in [2.05, 4.69) is 12.2 Å². The Morgan fingerprint density at radius 3 is 2.57 bits per heavy atom. The molecule has 0 saturated heterocycles. The second-order valence-electron chi connectivity index (χ2n) is 5.01. The normalized spacial score (nSPS) is 12.4. The molecule has 0 aliphatic heterocycles. The molecule has 0 fully saturated rings. The van der Waals surface area contributed by atoms with E-state index in [4.69, 9.17) is 23.2 Å². The fraction of sp³-hybridized carbons (Fsp3) is 0.294. The van der Waals surface area contributed by atoms with E-state index >= 15 is 0 Å². The first-order valence-electron chi connectivity index (χ1n) is 7.03. The molecule has 0 bridgehead atoms. The molecule has 112 valence electrons. The standard InChI is InChI=1S/C17H18Cl2FN/c1-2-8-21-17(13-4-3-5-14(20)11-13)10-12-6-7-15(18)16(19)9-12/h3-7,9,11,17,21H,2,8,10H2,1H3. The molecule has 2 aromatic rings. The van der Waals surface area contributed by atoms with Gasteiger partial charge in [0.2, 0.25) is 0 Å². The number of nitrogens with one attached hydrogen (secondary N) is 1. The lowest BCUT2D eigenvalue weighted by Gasteiger charge is -2.19. The molecular weight excluding hydrogens is 308 g/mol. The molecule has 0 saturated carbocycles. The van der Waals surface area contributed by atoms with Crippen LogP contribution in [0, 0.1) is 5.82 Å². The largest absolute Gasteiger partial charge is 0.310 e. The van der Waals surface area contributed by atoms with Crippen LogP contribution < -0.4 is 5.32 Å². The molecule has 0 amide bonds. The lowest BCUT2D eigenvalue weighted by molar-refractivity contribution is 0.524. The molecule has 4 heteroatoms. The zero-order valence-corrected chi connectivity index (χ0v) is 13.4. The number of hydrogen-bond acceptors (Lipinski definition) is 1. The summed E-state index contributed by atoms with van der Waals surface area (Å²) in [5.74, 6) is -0.218. The Hall–Kier alpha value is -1.09. The van der Waals surface area contributed by atoms with Gasteiger partial charge < -0.3 is 5.32 Å². The first-order chi connectivity index (χ1) is 10.1. The second-order valence-corrected chi connectivity index (χ2v) is 5.83. The third-order valence-corrected chi connectivity index (χ3v) is 4.05. The van der Waals surface area contributed by atoms with E-state index in [-0.39, 0.29) is 11.9 Å². The fourth-order valence-electron chi connectivity index (χ4n) is 2.25. The van der Waals surface area contributed by atoms with Crippen LogP contribution in [0.25, 0.3) is 0 Å². The Morgan fingerprint density at radius 2 is 1.90 bits per heavy atom. The van der Waals surface area contributed by atoms with Crippen molar-refractivity contribution in [2.45, 2.75) is 25.8 Å². The maximum atomic E-state index is 13.4. The molecule has 0 aliphatic carbocycles. The van der Waals surface area contributed by atoms with Crippen LogP contribution in [-0.2, 0) is 6.42 Å². The lowest BCUT2D eigenvalue weighted by atomic mass is 9.98. The van der Waals surface area contributed by atoms with Gasteiger partial charge in [-0.1, -0.05) is 48.3 Å². The highest BCUT2D eigenvalue weighted by Crippen LogP contribution is 2.26. The van der Waals surface area contributed by atoms with Crippen molar-refractivity contribution >= 4 is 23.2 Å². The van der Waals surface area contributed by atoms with E-state index in [0.29, 0.717) is 10.0 Å². The quantitative estimate of drug-likeness (QED) is 0.748. The summed E-state index contributed by atoms with van der Waals surface area (Å²) in [4.78, 5) is 0. The summed E-state index contributed by atoms with van der Waals surface area (Å²) in [6.07, 6.45) is 1.76. The Labute approximate surface area is 135 Å². The summed E-state index contributed by atoms with van der Waals surface area (Å²) in [6.45, 7) is 2.98. The van der Waals surface area contributed by atoms with Gasteiger partial charge in [-0.05, 0) is 54.8 Å². The third-order valence-electron chi connectivity index (χ3n) is 3.32. The maximum Gasteiger partial charge on any atom is 0.123 e. The van der Waals surface area contributed by atoms with E-state index in [0.717, 1.165) is 30.5 Å². The van der Waals surface area contributed by atoms with Gasteiger partial charge in [0.25, 0.3) is 0 Å². The van der Waals surface area contributed by atoms with Crippen molar-refractivity contribution in [1.82, 2.24) is 5.32 Å². The van der Waals surface area contributed by atoms with Gasteiger partial charge in [0, 0.05) is 6.04 Å². The summed E-state index contributed by atoms with van der Waals surface area (Å²) in [6, 6.07) is 12.4. The van der Waals surface area contributed by atoms with Crippen LogP contribution in [-0.4, -0.2) is 6.54 Å². The molecule has 2 aromatic carbocycles. The van der Waals surface area contributed by atoms with E-state index in [9.17, 15) is 4.39 Å². The maximum absolute atomic E-state index is 13.4. The predicted molar refractivity (Wildman–Crippen MR) is 87.6 cm³/mol. The summed E-state index contributed by atoms with van der Waals surface area (Å²) in [5.41, 5.74) is 2.01. The Balaban J connectivity index is 2.21. The number of benzene rings is 2. The molecule has 0 spiro atoms. The Kier molecular flexibility index (Phi) is 6.04. The molecule has 0 aliphatic rings. The molecule has 1 unspecified atom stereocenters. The van der Waals surface area contributed by atoms with Crippen molar-refractivity contribution in [3.8, 4) is 0 Å². The summed E-state index contributed by atoms with van der Waals surface area (Å²) in [5, 5.41) is 4.54. The highest BCUT2D eigenvalue weighted by atomic mass is 35.5. The van der Waals surface area contributed by atoms with Gasteiger partial charge in [-0.3, -0.25) is 0 Å². The van der Waals surface area contributed by atoms with Gasteiger partial charge in [-0.15, -0.1) is 0 Å². The fourth-order valence-corrected chi connectivity index (χ4v) is 2.57. The molecule has 0 radical (unpaired) electrons. The van der Waals surface area contributed by atoms with Gasteiger partial charge in [-0.2, -0.15) is 0 Å². The smallest absolute Gasteiger partial charge is 0.123 e. The number of hydrogen-bond donors (Lipinski definition) is 1. The van der Waals surface area contributed by atoms with Crippen molar-refractivity contribution in [3.05, 3.63) is 69.5 Å². The van der Waals surface area contributed by atoms with E-state index in [1.807, 2.05) is 18.2 Å². The molecule has 2 rings (SSSR count).